The molecule has 142 valence electrons. The number of halogens is 1. The fraction of sp³-hybridized carbons (Fsp3) is 0.222. The van der Waals surface area contributed by atoms with Gasteiger partial charge in [-0.2, -0.15) is 0 Å². The second kappa shape index (κ2) is 7.67. The minimum Gasteiger partial charge on any atom is -0.335 e. The summed E-state index contributed by atoms with van der Waals surface area (Å²) in [7, 11) is -3.79. The van der Waals surface area contributed by atoms with Crippen molar-refractivity contribution in [2.24, 2.45) is 5.14 Å². The van der Waals surface area contributed by atoms with Gasteiger partial charge in [0.05, 0.1) is 4.90 Å². The molecule has 0 saturated carbocycles. The van der Waals surface area contributed by atoms with E-state index in [0.717, 1.165) is 0 Å². The minimum atomic E-state index is -3.79. The van der Waals surface area contributed by atoms with Crippen molar-refractivity contribution in [3.8, 4) is 0 Å². The average molecular weight is 408 g/mol. The lowest BCUT2D eigenvalue weighted by Crippen LogP contribution is -2.50. The minimum absolute atomic E-state index is 0.0454. The maximum absolute atomic E-state index is 12.6. The first-order chi connectivity index (χ1) is 12.8. The number of hydrogen-bond acceptors (Lipinski definition) is 4. The van der Waals surface area contributed by atoms with Gasteiger partial charge >= 0.3 is 0 Å². The summed E-state index contributed by atoms with van der Waals surface area (Å²) in [6.07, 6.45) is 0. The van der Waals surface area contributed by atoms with Gasteiger partial charge in [-0.05, 0) is 42.5 Å². The Balaban J connectivity index is 1.63. The van der Waals surface area contributed by atoms with Gasteiger partial charge in [0, 0.05) is 42.3 Å². The van der Waals surface area contributed by atoms with E-state index in [2.05, 4.69) is 0 Å². The van der Waals surface area contributed by atoms with Crippen LogP contribution >= 0.6 is 11.6 Å². The van der Waals surface area contributed by atoms with E-state index in [9.17, 15) is 18.0 Å². The highest BCUT2D eigenvalue weighted by Gasteiger charge is 2.25. The average Bonchev–Trinajstić information content (AvgIpc) is 2.66. The van der Waals surface area contributed by atoms with Crippen molar-refractivity contribution >= 4 is 33.4 Å². The van der Waals surface area contributed by atoms with Crippen molar-refractivity contribution in [3.05, 3.63) is 64.7 Å². The van der Waals surface area contributed by atoms with Gasteiger partial charge in [-0.15, -0.1) is 0 Å². The van der Waals surface area contributed by atoms with Gasteiger partial charge < -0.3 is 9.80 Å². The van der Waals surface area contributed by atoms with Crippen molar-refractivity contribution in [2.45, 2.75) is 4.90 Å². The van der Waals surface area contributed by atoms with Crippen LogP contribution in [0.4, 0.5) is 0 Å². The normalized spacial score (nSPS) is 14.9. The van der Waals surface area contributed by atoms with Gasteiger partial charge in [0.1, 0.15) is 0 Å². The number of sulfonamides is 1. The van der Waals surface area contributed by atoms with Crippen molar-refractivity contribution in [1.82, 2.24) is 9.80 Å². The SMILES string of the molecule is NS(=O)(=O)c1ccc(C(=O)N2CCN(C(=O)c3cccc(Cl)c3)CC2)cc1. The lowest BCUT2D eigenvalue weighted by atomic mass is 10.1. The van der Waals surface area contributed by atoms with Crippen molar-refractivity contribution in [3.63, 3.8) is 0 Å². The van der Waals surface area contributed by atoms with Crippen molar-refractivity contribution in [1.29, 1.82) is 0 Å². The van der Waals surface area contributed by atoms with Crippen LogP contribution in [0.1, 0.15) is 20.7 Å². The Kier molecular flexibility index (Phi) is 5.50. The quantitative estimate of drug-likeness (QED) is 0.834. The molecule has 2 aromatic rings. The Morgan fingerprint density at radius 1 is 0.852 bits per heavy atom. The van der Waals surface area contributed by atoms with Crippen LogP contribution in [-0.2, 0) is 10.0 Å². The van der Waals surface area contributed by atoms with Gasteiger partial charge in [0.2, 0.25) is 10.0 Å². The number of benzene rings is 2. The molecule has 0 aromatic heterocycles. The largest absolute Gasteiger partial charge is 0.335 e. The number of rotatable bonds is 3. The zero-order chi connectivity index (χ0) is 19.6. The Morgan fingerprint density at radius 2 is 1.37 bits per heavy atom. The van der Waals surface area contributed by atoms with Crippen LogP contribution in [0.2, 0.25) is 5.02 Å². The highest BCUT2D eigenvalue weighted by atomic mass is 35.5. The van der Waals surface area contributed by atoms with E-state index >= 15 is 0 Å². The summed E-state index contributed by atoms with van der Waals surface area (Å²) < 4.78 is 22.6. The molecule has 0 aliphatic carbocycles. The second-order valence-electron chi connectivity index (χ2n) is 6.16. The first-order valence-corrected chi connectivity index (χ1v) is 10.1. The number of carbonyl (C=O) groups is 2. The summed E-state index contributed by atoms with van der Waals surface area (Å²) in [6, 6.07) is 12.2. The fourth-order valence-electron chi connectivity index (χ4n) is 2.89. The predicted octanol–water partition coefficient (Wildman–Crippen LogP) is 1.59. The molecule has 1 heterocycles. The third-order valence-electron chi connectivity index (χ3n) is 4.36. The molecule has 1 aliphatic rings. The molecule has 1 aliphatic heterocycles. The van der Waals surface area contributed by atoms with E-state index in [4.69, 9.17) is 16.7 Å². The van der Waals surface area contributed by atoms with Gasteiger partial charge in [-0.1, -0.05) is 17.7 Å². The molecule has 1 saturated heterocycles. The molecule has 7 nitrogen and oxygen atoms in total. The zero-order valence-electron chi connectivity index (χ0n) is 14.3. The number of carbonyl (C=O) groups excluding carboxylic acids is 2. The number of amides is 2. The molecule has 0 radical (unpaired) electrons. The van der Waals surface area contributed by atoms with Crippen LogP contribution in [0.15, 0.2) is 53.4 Å². The number of hydrogen-bond donors (Lipinski definition) is 1. The Labute approximate surface area is 162 Å². The van der Waals surface area contributed by atoms with E-state index in [0.29, 0.717) is 42.3 Å². The van der Waals surface area contributed by atoms with Crippen molar-refractivity contribution < 1.29 is 18.0 Å². The molecule has 0 unspecified atom stereocenters. The van der Waals surface area contributed by atoms with E-state index in [-0.39, 0.29) is 16.7 Å². The molecule has 0 atom stereocenters. The molecule has 2 amide bonds. The lowest BCUT2D eigenvalue weighted by Gasteiger charge is -2.35. The molecular weight excluding hydrogens is 390 g/mol. The van der Waals surface area contributed by atoms with Crippen LogP contribution in [0, 0.1) is 0 Å². The molecule has 2 aromatic carbocycles. The maximum Gasteiger partial charge on any atom is 0.254 e. The smallest absolute Gasteiger partial charge is 0.254 e. The van der Waals surface area contributed by atoms with E-state index in [1.807, 2.05) is 0 Å². The van der Waals surface area contributed by atoms with Crippen LogP contribution in [0.5, 0.6) is 0 Å². The molecule has 0 spiro atoms. The lowest BCUT2D eigenvalue weighted by molar-refractivity contribution is 0.0535. The Morgan fingerprint density at radius 3 is 1.85 bits per heavy atom. The van der Waals surface area contributed by atoms with Crippen LogP contribution in [-0.4, -0.2) is 56.2 Å². The third-order valence-corrected chi connectivity index (χ3v) is 5.52. The standard InChI is InChI=1S/C18H18ClN3O4S/c19-15-3-1-2-14(12-15)18(24)22-10-8-21(9-11-22)17(23)13-4-6-16(7-5-13)27(20,25)26/h1-7,12H,8-11H2,(H2,20,25,26). The second-order valence-corrected chi connectivity index (χ2v) is 8.16. The van der Waals surface area contributed by atoms with Crippen LogP contribution in [0.25, 0.3) is 0 Å². The van der Waals surface area contributed by atoms with Gasteiger partial charge in [0.25, 0.3) is 11.8 Å². The predicted molar refractivity (Wildman–Crippen MR) is 101 cm³/mol. The van der Waals surface area contributed by atoms with Crippen molar-refractivity contribution in [2.75, 3.05) is 26.2 Å². The third kappa shape index (κ3) is 4.47. The number of nitrogens with zero attached hydrogens (tertiary/aromatic N) is 2. The monoisotopic (exact) mass is 407 g/mol. The molecule has 9 heteroatoms. The summed E-state index contributed by atoms with van der Waals surface area (Å²) in [6.45, 7) is 1.60. The molecule has 2 N–H and O–H groups in total. The topological polar surface area (TPSA) is 101 Å². The summed E-state index contributed by atoms with van der Waals surface area (Å²) in [5.41, 5.74) is 0.887. The van der Waals surface area contributed by atoms with E-state index < -0.39 is 10.0 Å². The Bertz CT molecular complexity index is 968. The summed E-state index contributed by atoms with van der Waals surface area (Å²) in [5.74, 6) is -0.340. The van der Waals surface area contributed by atoms with E-state index in [1.54, 1.807) is 34.1 Å². The van der Waals surface area contributed by atoms with E-state index in [1.165, 1.54) is 24.3 Å². The van der Waals surface area contributed by atoms with Gasteiger partial charge in [-0.3, -0.25) is 9.59 Å². The number of nitrogens with two attached hydrogens (primary N) is 1. The summed E-state index contributed by atoms with van der Waals surface area (Å²) in [5, 5.41) is 5.56. The van der Waals surface area contributed by atoms with Crippen LogP contribution in [0.3, 0.4) is 0 Å². The maximum atomic E-state index is 12.6. The highest BCUT2D eigenvalue weighted by Crippen LogP contribution is 2.16. The molecular formula is C18H18ClN3O4S. The van der Waals surface area contributed by atoms with Gasteiger partial charge in [0.15, 0.2) is 0 Å². The van der Waals surface area contributed by atoms with Crippen LogP contribution < -0.4 is 5.14 Å². The molecule has 27 heavy (non-hydrogen) atoms. The molecule has 0 bridgehead atoms. The highest BCUT2D eigenvalue weighted by molar-refractivity contribution is 7.89. The first-order valence-electron chi connectivity index (χ1n) is 8.23. The molecule has 1 fully saturated rings. The Hall–Kier alpha value is -2.42. The number of primary sulfonamides is 1. The van der Waals surface area contributed by atoms with Gasteiger partial charge in [-0.25, -0.2) is 13.6 Å². The summed E-state index contributed by atoms with van der Waals surface area (Å²) in [4.78, 5) is 28.4. The number of piperazine rings is 1. The molecule has 3 rings (SSSR count). The zero-order valence-corrected chi connectivity index (χ0v) is 15.9. The fourth-order valence-corrected chi connectivity index (χ4v) is 3.59. The summed E-state index contributed by atoms with van der Waals surface area (Å²) >= 11 is 5.93. The first kappa shape index (κ1) is 19.3.